The number of rotatable bonds is 7. The van der Waals surface area contributed by atoms with E-state index >= 15 is 0 Å². The first-order chi connectivity index (χ1) is 13.4. The first kappa shape index (κ1) is 22.6. The molecular weight excluding hydrogens is 409 g/mol. The summed E-state index contributed by atoms with van der Waals surface area (Å²) in [6, 6.07) is 9.76. The molecule has 0 fully saturated rings. The molecule has 0 aromatic heterocycles. The fourth-order valence-electron chi connectivity index (χ4n) is 2.44. The van der Waals surface area contributed by atoms with Crippen molar-refractivity contribution in [1.82, 2.24) is 9.62 Å². The minimum atomic E-state index is -4.49. The number of alkyl halides is 3. The highest BCUT2D eigenvalue weighted by molar-refractivity contribution is 7.89. The number of carbonyl (C=O) groups excluding carboxylic acids is 2. The van der Waals surface area contributed by atoms with Crippen molar-refractivity contribution in [3.05, 3.63) is 65.2 Å². The van der Waals surface area contributed by atoms with Crippen LogP contribution in [0.5, 0.6) is 0 Å². The summed E-state index contributed by atoms with van der Waals surface area (Å²) in [5.41, 5.74) is -0.248. The number of nitrogens with one attached hydrogen (secondary N) is 1. The fraction of sp³-hybridized carbons (Fsp3) is 0.263. The molecule has 0 aliphatic heterocycles. The molecular formula is C19H19F3N2O4S. The molecule has 1 amide bonds. The molecule has 2 rings (SSSR count). The van der Waals surface area contributed by atoms with Gasteiger partial charge in [-0.05, 0) is 36.8 Å². The second kappa shape index (κ2) is 8.75. The van der Waals surface area contributed by atoms with Gasteiger partial charge in [0.05, 0.1) is 17.0 Å². The molecule has 0 heterocycles. The van der Waals surface area contributed by atoms with E-state index in [4.69, 9.17) is 0 Å². The van der Waals surface area contributed by atoms with Crippen molar-refractivity contribution < 1.29 is 31.2 Å². The molecule has 0 atom stereocenters. The summed E-state index contributed by atoms with van der Waals surface area (Å²) in [5, 5.41) is 2.40. The van der Waals surface area contributed by atoms with Gasteiger partial charge in [0, 0.05) is 19.2 Å². The molecule has 0 spiro atoms. The minimum absolute atomic E-state index is 0.0873. The van der Waals surface area contributed by atoms with Gasteiger partial charge in [0.15, 0.2) is 5.78 Å². The Bertz CT molecular complexity index is 1000. The Morgan fingerprint density at radius 2 is 1.69 bits per heavy atom. The predicted octanol–water partition coefficient (Wildman–Crippen LogP) is 2.84. The molecule has 6 nitrogen and oxygen atoms in total. The Morgan fingerprint density at radius 1 is 1.07 bits per heavy atom. The molecule has 0 saturated carbocycles. The van der Waals surface area contributed by atoms with Gasteiger partial charge in [-0.2, -0.15) is 17.5 Å². The molecule has 1 N–H and O–H groups in total. The Hall–Kier alpha value is -2.72. The lowest BCUT2D eigenvalue weighted by Crippen LogP contribution is -2.38. The van der Waals surface area contributed by atoms with Crippen molar-refractivity contribution in [2.24, 2.45) is 0 Å². The van der Waals surface area contributed by atoms with Crippen LogP contribution in [0.2, 0.25) is 0 Å². The maximum absolute atomic E-state index is 12.7. The Kier molecular flexibility index (Phi) is 6.81. The quantitative estimate of drug-likeness (QED) is 0.688. The zero-order chi connectivity index (χ0) is 21.8. The zero-order valence-corrected chi connectivity index (χ0v) is 16.5. The van der Waals surface area contributed by atoms with Crippen LogP contribution < -0.4 is 5.32 Å². The predicted molar refractivity (Wildman–Crippen MR) is 99.6 cm³/mol. The fourth-order valence-corrected chi connectivity index (χ4v) is 3.57. The van der Waals surface area contributed by atoms with Gasteiger partial charge < -0.3 is 5.32 Å². The van der Waals surface area contributed by atoms with Gasteiger partial charge in [-0.1, -0.05) is 24.3 Å². The third-order valence-electron chi connectivity index (χ3n) is 4.08. The highest BCUT2D eigenvalue weighted by Gasteiger charge is 2.30. The summed E-state index contributed by atoms with van der Waals surface area (Å²) in [6.07, 6.45) is -4.49. The van der Waals surface area contributed by atoms with Crippen molar-refractivity contribution >= 4 is 21.7 Å². The molecule has 0 saturated heterocycles. The molecule has 29 heavy (non-hydrogen) atoms. The molecule has 0 aliphatic rings. The van der Waals surface area contributed by atoms with E-state index in [1.807, 2.05) is 0 Å². The van der Waals surface area contributed by atoms with Gasteiger partial charge >= 0.3 is 6.18 Å². The normalized spacial score (nSPS) is 12.1. The van der Waals surface area contributed by atoms with Crippen LogP contribution in [-0.4, -0.2) is 38.0 Å². The maximum atomic E-state index is 12.7. The van der Waals surface area contributed by atoms with Crippen LogP contribution in [0.3, 0.4) is 0 Å². The van der Waals surface area contributed by atoms with Gasteiger partial charge in [0.25, 0.3) is 0 Å². The van der Waals surface area contributed by atoms with Crippen LogP contribution in [0.15, 0.2) is 53.4 Å². The number of hydrogen-bond acceptors (Lipinski definition) is 4. The topological polar surface area (TPSA) is 83.6 Å². The van der Waals surface area contributed by atoms with Crippen LogP contribution >= 0.6 is 0 Å². The highest BCUT2D eigenvalue weighted by atomic mass is 32.2. The smallest absolute Gasteiger partial charge is 0.351 e. The SMILES string of the molecule is CC(=O)c1ccc(S(=O)(=O)N(C)CC(=O)NCc2cccc(C(F)(F)F)c2)cc1. The molecule has 0 unspecified atom stereocenters. The molecule has 10 heteroatoms. The number of halogens is 3. The van der Waals surface area contributed by atoms with E-state index < -0.39 is 34.2 Å². The molecule has 156 valence electrons. The Balaban J connectivity index is 2.00. The monoisotopic (exact) mass is 428 g/mol. The van der Waals surface area contributed by atoms with Gasteiger partial charge in [-0.25, -0.2) is 8.42 Å². The van der Waals surface area contributed by atoms with E-state index in [9.17, 15) is 31.2 Å². The summed E-state index contributed by atoms with van der Waals surface area (Å²) < 4.78 is 64.0. The van der Waals surface area contributed by atoms with E-state index in [2.05, 4.69) is 5.32 Å². The molecule has 0 aliphatic carbocycles. The third kappa shape index (κ3) is 5.88. The molecule has 2 aromatic rings. The first-order valence-corrected chi connectivity index (χ1v) is 9.85. The number of amides is 1. The van der Waals surface area contributed by atoms with Crippen molar-refractivity contribution in [3.63, 3.8) is 0 Å². The van der Waals surface area contributed by atoms with Crippen LogP contribution in [-0.2, 0) is 27.5 Å². The number of benzene rings is 2. The first-order valence-electron chi connectivity index (χ1n) is 8.41. The van der Waals surface area contributed by atoms with E-state index in [0.717, 1.165) is 16.4 Å². The van der Waals surface area contributed by atoms with E-state index in [1.54, 1.807) is 0 Å². The lowest BCUT2D eigenvalue weighted by Gasteiger charge is -2.17. The lowest BCUT2D eigenvalue weighted by atomic mass is 10.1. The van der Waals surface area contributed by atoms with E-state index in [-0.39, 0.29) is 22.8 Å². The summed E-state index contributed by atoms with van der Waals surface area (Å²) in [6.45, 7) is 0.657. The molecule has 0 radical (unpaired) electrons. The van der Waals surface area contributed by atoms with Crippen LogP contribution in [0, 0.1) is 0 Å². The van der Waals surface area contributed by atoms with Crippen LogP contribution in [0.1, 0.15) is 28.4 Å². The number of likely N-dealkylation sites (N-methyl/N-ethyl adjacent to an activating group) is 1. The number of sulfonamides is 1. The Labute approximate surface area is 166 Å². The van der Waals surface area contributed by atoms with Gasteiger partial charge in [0.2, 0.25) is 15.9 Å². The second-order valence-corrected chi connectivity index (χ2v) is 8.36. The molecule has 2 aromatic carbocycles. The number of nitrogens with zero attached hydrogens (tertiary/aromatic N) is 1. The minimum Gasteiger partial charge on any atom is -0.351 e. The second-order valence-electron chi connectivity index (χ2n) is 6.32. The summed E-state index contributed by atoms with van der Waals surface area (Å²) in [5.74, 6) is -0.884. The number of Topliss-reactive ketones (excluding diaryl/α,β-unsaturated/α-hetero) is 1. The molecule has 0 bridgehead atoms. The summed E-state index contributed by atoms with van der Waals surface area (Å²) >= 11 is 0. The average Bonchev–Trinajstić information content (AvgIpc) is 2.66. The van der Waals surface area contributed by atoms with Crippen molar-refractivity contribution in [1.29, 1.82) is 0 Å². The van der Waals surface area contributed by atoms with E-state index in [0.29, 0.717) is 5.56 Å². The lowest BCUT2D eigenvalue weighted by molar-refractivity contribution is -0.137. The number of ketones is 1. The van der Waals surface area contributed by atoms with Crippen molar-refractivity contribution in [2.45, 2.75) is 24.5 Å². The van der Waals surface area contributed by atoms with Gasteiger partial charge in [0.1, 0.15) is 0 Å². The summed E-state index contributed by atoms with van der Waals surface area (Å²) in [7, 11) is -2.77. The van der Waals surface area contributed by atoms with Gasteiger partial charge in [-0.3, -0.25) is 9.59 Å². The number of hydrogen-bond donors (Lipinski definition) is 1. The number of carbonyl (C=O) groups is 2. The van der Waals surface area contributed by atoms with Crippen molar-refractivity contribution in [2.75, 3.05) is 13.6 Å². The van der Waals surface area contributed by atoms with Crippen LogP contribution in [0.25, 0.3) is 0 Å². The maximum Gasteiger partial charge on any atom is 0.416 e. The zero-order valence-electron chi connectivity index (χ0n) is 15.7. The van der Waals surface area contributed by atoms with Crippen molar-refractivity contribution in [3.8, 4) is 0 Å². The van der Waals surface area contributed by atoms with Gasteiger partial charge in [-0.15, -0.1) is 0 Å². The standard InChI is InChI=1S/C19H19F3N2O4S/c1-13(25)15-6-8-17(9-7-15)29(27,28)24(2)12-18(26)23-11-14-4-3-5-16(10-14)19(20,21)22/h3-10H,11-12H2,1-2H3,(H,23,26). The van der Waals surface area contributed by atoms with Crippen LogP contribution in [0.4, 0.5) is 13.2 Å². The average molecular weight is 428 g/mol. The summed E-state index contributed by atoms with van der Waals surface area (Å²) in [4.78, 5) is 23.2. The highest BCUT2D eigenvalue weighted by Crippen LogP contribution is 2.29. The third-order valence-corrected chi connectivity index (χ3v) is 5.90. The Morgan fingerprint density at radius 3 is 2.24 bits per heavy atom. The van der Waals surface area contributed by atoms with E-state index in [1.165, 1.54) is 50.4 Å². The largest absolute Gasteiger partial charge is 0.416 e.